The number of aromatic nitrogens is 1. The van der Waals surface area contributed by atoms with Gasteiger partial charge in [-0.3, -0.25) is 0 Å². The third-order valence-electron chi connectivity index (χ3n) is 2.37. The standard InChI is InChI=1S/C12H7NO2/c14-12-11-10(8-4-2-1-3-5-8)9(15-12)6-7-13-11/h1-7H. The fourth-order valence-electron chi connectivity index (χ4n) is 1.72. The molecule has 3 nitrogen and oxygen atoms in total. The first-order chi connectivity index (χ1) is 7.36. The van der Waals surface area contributed by atoms with Crippen LogP contribution < -0.4 is 4.74 Å². The number of carbonyl (C=O) groups is 1. The highest BCUT2D eigenvalue weighted by Gasteiger charge is 2.28. The molecule has 1 aliphatic heterocycles. The summed E-state index contributed by atoms with van der Waals surface area (Å²) in [4.78, 5) is 15.4. The van der Waals surface area contributed by atoms with Crippen LogP contribution >= 0.6 is 0 Å². The smallest absolute Gasteiger partial charge is 0.363 e. The number of fused-ring (bicyclic) bond motifs is 2. The van der Waals surface area contributed by atoms with Crippen LogP contribution in [-0.4, -0.2) is 11.0 Å². The summed E-state index contributed by atoms with van der Waals surface area (Å²) in [7, 11) is 0. The van der Waals surface area contributed by atoms with Gasteiger partial charge in [0.2, 0.25) is 0 Å². The Bertz CT molecular complexity index is 535. The fraction of sp³-hybridized carbons (Fsp3) is 0. The molecule has 0 N–H and O–H groups in total. The first-order valence-corrected chi connectivity index (χ1v) is 4.63. The minimum Gasteiger partial charge on any atom is -0.421 e. The molecule has 0 radical (unpaired) electrons. The maximum absolute atomic E-state index is 11.4. The van der Waals surface area contributed by atoms with Crippen LogP contribution in [0.5, 0.6) is 5.75 Å². The van der Waals surface area contributed by atoms with Crippen molar-refractivity contribution in [1.82, 2.24) is 4.98 Å². The van der Waals surface area contributed by atoms with Gasteiger partial charge in [0.25, 0.3) is 0 Å². The van der Waals surface area contributed by atoms with E-state index in [1.54, 1.807) is 12.3 Å². The molecule has 2 bridgehead atoms. The highest BCUT2D eigenvalue weighted by atomic mass is 16.5. The number of benzene rings is 1. The second-order valence-electron chi connectivity index (χ2n) is 3.29. The van der Waals surface area contributed by atoms with Gasteiger partial charge in [-0.2, -0.15) is 0 Å². The summed E-state index contributed by atoms with van der Waals surface area (Å²) in [6, 6.07) is 11.4. The first-order valence-electron chi connectivity index (χ1n) is 4.63. The van der Waals surface area contributed by atoms with Crippen molar-refractivity contribution in [2.24, 2.45) is 0 Å². The topological polar surface area (TPSA) is 39.2 Å². The van der Waals surface area contributed by atoms with Crippen LogP contribution in [0.25, 0.3) is 11.1 Å². The van der Waals surface area contributed by atoms with Gasteiger partial charge in [0.05, 0.1) is 5.56 Å². The SMILES string of the molecule is O=C1Oc2ccnc1c2-c1ccccc1. The molecular formula is C12H7NO2. The van der Waals surface area contributed by atoms with E-state index in [4.69, 9.17) is 4.74 Å². The lowest BCUT2D eigenvalue weighted by molar-refractivity contribution is 0.0751. The van der Waals surface area contributed by atoms with E-state index in [9.17, 15) is 4.79 Å². The summed E-state index contributed by atoms with van der Waals surface area (Å²) in [5.74, 6) is 0.227. The highest BCUT2D eigenvalue weighted by Crippen LogP contribution is 2.37. The number of hydrogen-bond acceptors (Lipinski definition) is 3. The molecule has 0 saturated heterocycles. The fourth-order valence-corrected chi connectivity index (χ4v) is 1.72. The van der Waals surface area contributed by atoms with E-state index < -0.39 is 0 Å². The Hall–Kier alpha value is -2.16. The molecular weight excluding hydrogens is 190 g/mol. The molecule has 0 saturated carbocycles. The van der Waals surface area contributed by atoms with Crippen LogP contribution in [0.4, 0.5) is 0 Å². The monoisotopic (exact) mass is 197 g/mol. The van der Waals surface area contributed by atoms with Gasteiger partial charge in [-0.25, -0.2) is 9.78 Å². The van der Waals surface area contributed by atoms with Gasteiger partial charge in [0.15, 0.2) is 5.69 Å². The maximum Gasteiger partial charge on any atom is 0.363 e. The molecule has 0 unspecified atom stereocenters. The van der Waals surface area contributed by atoms with Crippen molar-refractivity contribution < 1.29 is 9.53 Å². The lowest BCUT2D eigenvalue weighted by atomic mass is 10.0. The molecule has 0 atom stereocenters. The van der Waals surface area contributed by atoms with E-state index in [0.29, 0.717) is 11.4 Å². The molecule has 0 amide bonds. The van der Waals surface area contributed by atoms with Gasteiger partial charge in [-0.05, 0) is 11.6 Å². The van der Waals surface area contributed by atoms with Crippen LogP contribution in [0.3, 0.4) is 0 Å². The Labute approximate surface area is 86.3 Å². The van der Waals surface area contributed by atoms with Gasteiger partial charge >= 0.3 is 5.97 Å². The van der Waals surface area contributed by atoms with Crippen LogP contribution in [0, 0.1) is 0 Å². The molecule has 0 aliphatic carbocycles. The lowest BCUT2D eigenvalue weighted by Crippen LogP contribution is -2.01. The molecule has 1 aromatic carbocycles. The quantitative estimate of drug-likeness (QED) is 0.658. The van der Waals surface area contributed by atoms with Gasteiger partial charge < -0.3 is 4.74 Å². The van der Waals surface area contributed by atoms with Gasteiger partial charge in [0.1, 0.15) is 5.75 Å². The average molecular weight is 197 g/mol. The zero-order valence-electron chi connectivity index (χ0n) is 7.81. The molecule has 0 fully saturated rings. The van der Waals surface area contributed by atoms with E-state index in [0.717, 1.165) is 11.1 Å². The van der Waals surface area contributed by atoms with Gasteiger partial charge in [-0.15, -0.1) is 0 Å². The predicted octanol–water partition coefficient (Wildman–Crippen LogP) is 2.28. The molecule has 15 heavy (non-hydrogen) atoms. The summed E-state index contributed by atoms with van der Waals surface area (Å²) < 4.78 is 5.08. The van der Waals surface area contributed by atoms with Crippen LogP contribution in [-0.2, 0) is 0 Å². The highest BCUT2D eigenvalue weighted by molar-refractivity contribution is 6.03. The second-order valence-corrected chi connectivity index (χ2v) is 3.29. The zero-order valence-corrected chi connectivity index (χ0v) is 7.81. The Morgan fingerprint density at radius 1 is 1.07 bits per heavy atom. The number of hydrogen-bond donors (Lipinski definition) is 0. The molecule has 1 aromatic heterocycles. The third-order valence-corrected chi connectivity index (χ3v) is 2.37. The van der Waals surface area contributed by atoms with Crippen molar-refractivity contribution in [3.63, 3.8) is 0 Å². The Morgan fingerprint density at radius 3 is 2.60 bits per heavy atom. The summed E-state index contributed by atoms with van der Waals surface area (Å²) in [5.41, 5.74) is 2.16. The van der Waals surface area contributed by atoms with Crippen molar-refractivity contribution in [2.75, 3.05) is 0 Å². The van der Waals surface area contributed by atoms with Crippen LogP contribution in [0.1, 0.15) is 10.5 Å². The predicted molar refractivity (Wildman–Crippen MR) is 54.6 cm³/mol. The molecule has 3 heteroatoms. The summed E-state index contributed by atoms with van der Waals surface area (Å²) in [5, 5.41) is 0. The number of ether oxygens (including phenoxy) is 1. The minimum absolute atomic E-state index is 0.367. The van der Waals surface area contributed by atoms with Crippen molar-refractivity contribution in [3.8, 4) is 16.9 Å². The molecule has 2 heterocycles. The Balaban J connectivity index is 2.28. The van der Waals surface area contributed by atoms with E-state index in [2.05, 4.69) is 4.98 Å². The van der Waals surface area contributed by atoms with Crippen molar-refractivity contribution in [2.45, 2.75) is 0 Å². The van der Waals surface area contributed by atoms with Crippen molar-refractivity contribution >= 4 is 5.97 Å². The van der Waals surface area contributed by atoms with Crippen LogP contribution in [0.2, 0.25) is 0 Å². The molecule has 3 rings (SSSR count). The lowest BCUT2D eigenvalue weighted by Gasteiger charge is -2.00. The number of nitrogens with zero attached hydrogens (tertiary/aromatic N) is 1. The minimum atomic E-state index is -0.367. The Kier molecular flexibility index (Phi) is 1.59. The van der Waals surface area contributed by atoms with Crippen molar-refractivity contribution in [3.05, 3.63) is 48.3 Å². The average Bonchev–Trinajstić information content (AvgIpc) is 2.47. The van der Waals surface area contributed by atoms with Crippen LogP contribution in [0.15, 0.2) is 42.6 Å². The van der Waals surface area contributed by atoms with E-state index in [1.807, 2.05) is 30.3 Å². The van der Waals surface area contributed by atoms with E-state index in [-0.39, 0.29) is 5.97 Å². The third kappa shape index (κ3) is 1.13. The molecule has 72 valence electrons. The van der Waals surface area contributed by atoms with E-state index >= 15 is 0 Å². The van der Waals surface area contributed by atoms with Gasteiger partial charge in [0, 0.05) is 6.20 Å². The largest absolute Gasteiger partial charge is 0.421 e. The number of pyridine rings is 1. The Morgan fingerprint density at radius 2 is 1.87 bits per heavy atom. The zero-order chi connectivity index (χ0) is 10.3. The van der Waals surface area contributed by atoms with E-state index in [1.165, 1.54) is 0 Å². The first kappa shape index (κ1) is 8.17. The molecule has 0 spiro atoms. The summed E-state index contributed by atoms with van der Waals surface area (Å²) in [6.07, 6.45) is 1.59. The number of rotatable bonds is 1. The van der Waals surface area contributed by atoms with Gasteiger partial charge in [-0.1, -0.05) is 30.3 Å². The molecule has 2 aromatic rings. The molecule has 1 aliphatic rings. The normalized spacial score (nSPS) is 12.7. The number of esters is 1. The summed E-state index contributed by atoms with van der Waals surface area (Å²) in [6.45, 7) is 0. The number of carbonyl (C=O) groups excluding carboxylic acids is 1. The van der Waals surface area contributed by atoms with Crippen molar-refractivity contribution in [1.29, 1.82) is 0 Å². The maximum atomic E-state index is 11.4. The summed E-state index contributed by atoms with van der Waals surface area (Å²) >= 11 is 0. The second kappa shape index (κ2) is 2.92.